The molecule has 39 heavy (non-hydrogen) atoms. The summed E-state index contributed by atoms with van der Waals surface area (Å²) in [5, 5.41) is 3.25. The first kappa shape index (κ1) is 27.8. The van der Waals surface area contributed by atoms with Gasteiger partial charge in [-0.05, 0) is 67.7 Å². The molecule has 1 aromatic heterocycles. The Bertz CT molecular complexity index is 1100. The van der Waals surface area contributed by atoms with Gasteiger partial charge in [-0.2, -0.15) is 0 Å². The van der Waals surface area contributed by atoms with Crippen LogP contribution < -0.4 is 10.2 Å². The number of piperazine rings is 1. The number of fused-ring (bicyclic) bond motifs is 1. The molecule has 8 heteroatoms. The summed E-state index contributed by atoms with van der Waals surface area (Å²) in [6.45, 7) is 10.7. The predicted octanol–water partition coefficient (Wildman–Crippen LogP) is 5.06. The number of nitrogens with zero attached hydrogens (tertiary/aromatic N) is 4. The number of hydrogen-bond donors (Lipinski definition) is 1. The molecule has 1 amide bonds. The van der Waals surface area contributed by atoms with Crippen molar-refractivity contribution in [3.8, 4) is 0 Å². The number of benzene rings is 1. The second-order valence-electron chi connectivity index (χ2n) is 11.8. The summed E-state index contributed by atoms with van der Waals surface area (Å²) in [7, 11) is 0. The molecule has 212 valence electrons. The van der Waals surface area contributed by atoms with Gasteiger partial charge in [0.25, 0.3) is 0 Å². The van der Waals surface area contributed by atoms with Crippen LogP contribution in [0.15, 0.2) is 36.5 Å². The number of carbonyl (C=O) groups is 1. The molecular formula is C31H43F2N5O. The van der Waals surface area contributed by atoms with E-state index >= 15 is 0 Å². The Balaban J connectivity index is 1.19. The van der Waals surface area contributed by atoms with Gasteiger partial charge < -0.3 is 20.0 Å². The van der Waals surface area contributed by atoms with Crippen molar-refractivity contribution in [1.29, 1.82) is 0 Å². The Kier molecular flexibility index (Phi) is 9.00. The number of aromatic nitrogens is 1. The van der Waals surface area contributed by atoms with Crippen molar-refractivity contribution < 1.29 is 13.6 Å². The van der Waals surface area contributed by atoms with E-state index in [1.807, 2.05) is 16.0 Å². The number of pyridine rings is 1. The molecule has 4 atom stereocenters. The number of nitrogens with one attached hydrogen (secondary N) is 1. The number of carbonyl (C=O) groups excluding carboxylic acids is 1. The average Bonchev–Trinajstić information content (AvgIpc) is 2.95. The Morgan fingerprint density at radius 1 is 1.05 bits per heavy atom. The second kappa shape index (κ2) is 12.6. The van der Waals surface area contributed by atoms with Crippen LogP contribution in [0.3, 0.4) is 0 Å². The molecule has 3 heterocycles. The molecule has 2 aromatic rings. The third kappa shape index (κ3) is 6.71. The van der Waals surface area contributed by atoms with Gasteiger partial charge in [0.2, 0.25) is 5.91 Å². The van der Waals surface area contributed by atoms with Crippen molar-refractivity contribution in [3.63, 3.8) is 0 Å². The first-order chi connectivity index (χ1) is 18.9. The molecule has 0 bridgehead atoms. The van der Waals surface area contributed by atoms with Crippen molar-refractivity contribution in [2.45, 2.75) is 46.0 Å². The Morgan fingerprint density at radius 3 is 2.56 bits per heavy atom. The number of hydrogen-bond acceptors (Lipinski definition) is 5. The van der Waals surface area contributed by atoms with Gasteiger partial charge in [0, 0.05) is 70.3 Å². The monoisotopic (exact) mass is 539 g/mol. The summed E-state index contributed by atoms with van der Waals surface area (Å²) >= 11 is 0. The van der Waals surface area contributed by atoms with Crippen molar-refractivity contribution >= 4 is 17.4 Å². The van der Waals surface area contributed by atoms with E-state index in [1.165, 1.54) is 37.0 Å². The zero-order valence-electron chi connectivity index (χ0n) is 23.4. The van der Waals surface area contributed by atoms with Crippen LogP contribution in [0.4, 0.5) is 20.3 Å². The van der Waals surface area contributed by atoms with E-state index in [9.17, 15) is 13.6 Å². The van der Waals surface area contributed by atoms with Crippen LogP contribution >= 0.6 is 0 Å². The van der Waals surface area contributed by atoms with Crippen molar-refractivity contribution in [2.75, 3.05) is 62.6 Å². The molecule has 0 radical (unpaired) electrons. The lowest BCUT2D eigenvalue weighted by molar-refractivity contribution is -0.142. The molecule has 5 rings (SSSR count). The summed E-state index contributed by atoms with van der Waals surface area (Å²) < 4.78 is 27.1. The number of rotatable bonds is 8. The zero-order valence-corrected chi connectivity index (χ0v) is 23.4. The summed E-state index contributed by atoms with van der Waals surface area (Å²) in [6, 6.07) is 8.28. The van der Waals surface area contributed by atoms with Gasteiger partial charge >= 0.3 is 0 Å². The first-order valence-electron chi connectivity index (χ1n) is 14.8. The topological polar surface area (TPSA) is 51.7 Å². The summed E-state index contributed by atoms with van der Waals surface area (Å²) in [4.78, 5) is 25.1. The lowest BCUT2D eigenvalue weighted by Gasteiger charge is -2.48. The highest BCUT2D eigenvalue weighted by molar-refractivity contribution is 5.80. The number of likely N-dealkylation sites (tertiary alicyclic amines) is 1. The molecule has 3 aliphatic rings. The van der Waals surface area contributed by atoms with Crippen LogP contribution in [0.2, 0.25) is 0 Å². The van der Waals surface area contributed by atoms with E-state index in [1.54, 1.807) is 6.07 Å². The lowest BCUT2D eigenvalue weighted by atomic mass is 9.69. The van der Waals surface area contributed by atoms with E-state index in [0.29, 0.717) is 49.6 Å². The quantitative estimate of drug-likeness (QED) is 0.509. The smallest absolute Gasteiger partial charge is 0.227 e. The number of anilines is 2. The van der Waals surface area contributed by atoms with Gasteiger partial charge in [0.05, 0.1) is 5.92 Å². The molecule has 1 N–H and O–H groups in total. The standard InChI is InChI=1S/C31H43F2N5O/c1-3-34-30-11-8-23(18-35-30)16-22(2)19-36-20-24-6-4-5-7-26(24)27(21-36)31(39)38-14-12-37(13-15-38)25-9-10-28(32)29(33)17-25/h8-11,17-18,22,24,26-27H,3-7,12-16,19-21H2,1-2H3,(H,34,35)/t22-,24-,26-,27+/m0/s1. The number of amides is 1. The first-order valence-corrected chi connectivity index (χ1v) is 14.8. The van der Waals surface area contributed by atoms with Crippen LogP contribution in [-0.4, -0.2) is 73.0 Å². The second-order valence-corrected chi connectivity index (χ2v) is 11.8. The van der Waals surface area contributed by atoms with Gasteiger partial charge in [-0.25, -0.2) is 13.8 Å². The highest BCUT2D eigenvalue weighted by Crippen LogP contribution is 2.40. The molecular weight excluding hydrogens is 496 g/mol. The maximum atomic E-state index is 13.9. The van der Waals surface area contributed by atoms with Gasteiger partial charge in [0.1, 0.15) is 5.82 Å². The van der Waals surface area contributed by atoms with Crippen LogP contribution in [-0.2, 0) is 11.2 Å². The van der Waals surface area contributed by atoms with Crippen molar-refractivity contribution in [3.05, 3.63) is 53.7 Å². The fraction of sp³-hybridized carbons (Fsp3) is 0.613. The lowest BCUT2D eigenvalue weighted by Crippen LogP contribution is -2.57. The van der Waals surface area contributed by atoms with E-state index < -0.39 is 11.6 Å². The summed E-state index contributed by atoms with van der Waals surface area (Å²) in [6.07, 6.45) is 7.83. The highest BCUT2D eigenvalue weighted by atomic mass is 19.2. The number of halogens is 2. The Morgan fingerprint density at radius 2 is 1.85 bits per heavy atom. The minimum Gasteiger partial charge on any atom is -0.370 e. The number of piperidine rings is 1. The molecule has 1 aliphatic carbocycles. The maximum Gasteiger partial charge on any atom is 0.227 e. The fourth-order valence-electron chi connectivity index (χ4n) is 7.06. The van der Waals surface area contributed by atoms with Gasteiger partial charge in [-0.3, -0.25) is 4.79 Å². The summed E-state index contributed by atoms with van der Waals surface area (Å²) in [5.41, 5.74) is 1.93. The fourth-order valence-corrected chi connectivity index (χ4v) is 7.06. The summed E-state index contributed by atoms with van der Waals surface area (Å²) in [5.74, 6) is 1.15. The SMILES string of the molecule is CCNc1ccc(C[C@H](C)CN2C[C@@H]3CCCC[C@@H]3[C@H](C(=O)N3CCN(c4ccc(F)c(F)c4)CC3)C2)cn1. The van der Waals surface area contributed by atoms with Crippen molar-refractivity contribution in [1.82, 2.24) is 14.8 Å². The van der Waals surface area contributed by atoms with Crippen LogP contribution in [0.25, 0.3) is 0 Å². The zero-order chi connectivity index (χ0) is 27.4. The van der Waals surface area contributed by atoms with Gasteiger partial charge in [0.15, 0.2) is 11.6 Å². The van der Waals surface area contributed by atoms with E-state index in [4.69, 9.17) is 0 Å². The highest BCUT2D eigenvalue weighted by Gasteiger charge is 2.43. The Labute approximate surface area is 231 Å². The normalized spacial score (nSPS) is 24.8. The minimum atomic E-state index is -0.829. The molecule has 2 aliphatic heterocycles. The average molecular weight is 540 g/mol. The predicted molar refractivity (Wildman–Crippen MR) is 152 cm³/mol. The van der Waals surface area contributed by atoms with Crippen LogP contribution in [0, 0.1) is 35.3 Å². The molecule has 0 spiro atoms. The van der Waals surface area contributed by atoms with E-state index in [0.717, 1.165) is 44.8 Å². The third-order valence-corrected chi connectivity index (χ3v) is 8.95. The van der Waals surface area contributed by atoms with Gasteiger partial charge in [-0.15, -0.1) is 0 Å². The molecule has 2 saturated heterocycles. The van der Waals surface area contributed by atoms with E-state index in [2.05, 4.69) is 41.2 Å². The third-order valence-electron chi connectivity index (χ3n) is 8.95. The van der Waals surface area contributed by atoms with Gasteiger partial charge in [-0.1, -0.05) is 25.8 Å². The largest absolute Gasteiger partial charge is 0.370 e. The van der Waals surface area contributed by atoms with Crippen LogP contribution in [0.1, 0.15) is 45.1 Å². The van der Waals surface area contributed by atoms with E-state index in [-0.39, 0.29) is 11.8 Å². The van der Waals surface area contributed by atoms with Crippen molar-refractivity contribution in [2.24, 2.45) is 23.7 Å². The van der Waals surface area contributed by atoms with Crippen LogP contribution in [0.5, 0.6) is 0 Å². The Hall–Kier alpha value is -2.74. The molecule has 6 nitrogen and oxygen atoms in total. The molecule has 1 aromatic carbocycles. The minimum absolute atomic E-state index is 0.0483. The molecule has 0 unspecified atom stereocenters. The molecule has 1 saturated carbocycles. The molecule has 3 fully saturated rings. The maximum absolute atomic E-state index is 13.9.